The first kappa shape index (κ1) is 31.6. The number of fused-ring (bicyclic) bond motifs is 7. The van der Waals surface area contributed by atoms with E-state index in [1.807, 2.05) is 29.5 Å². The van der Waals surface area contributed by atoms with E-state index in [0.29, 0.717) is 5.82 Å². The van der Waals surface area contributed by atoms with Gasteiger partial charge in [-0.25, -0.2) is 9.97 Å². The van der Waals surface area contributed by atoms with E-state index in [9.17, 15) is 0 Å². The molecule has 0 unspecified atom stereocenters. The normalized spacial score (nSPS) is 11.6. The molecule has 0 saturated carbocycles. The molecule has 0 fully saturated rings. The van der Waals surface area contributed by atoms with E-state index in [-0.39, 0.29) is 0 Å². The van der Waals surface area contributed by atoms with Crippen LogP contribution >= 0.6 is 11.3 Å². The van der Waals surface area contributed by atoms with Gasteiger partial charge in [0.05, 0.1) is 11.4 Å². The van der Waals surface area contributed by atoms with Crippen LogP contribution in [0.15, 0.2) is 194 Å². The highest BCUT2D eigenvalue weighted by molar-refractivity contribution is 7.25. The third-order valence-electron chi connectivity index (χ3n) is 10.9. The van der Waals surface area contributed by atoms with Crippen LogP contribution in [0.25, 0.3) is 109 Å². The molecular weight excluding hydrogens is 685 g/mol. The van der Waals surface area contributed by atoms with E-state index in [1.165, 1.54) is 69.2 Å². The molecule has 55 heavy (non-hydrogen) atoms. The Hall–Kier alpha value is -6.94. The maximum absolute atomic E-state index is 5.17. The fraction of sp³-hybridized carbons (Fsp3) is 0. The highest BCUT2D eigenvalue weighted by Crippen LogP contribution is 2.41. The van der Waals surface area contributed by atoms with Crippen LogP contribution in [0.3, 0.4) is 0 Å². The minimum atomic E-state index is 0.709. The van der Waals surface area contributed by atoms with E-state index in [2.05, 4.69) is 176 Å². The lowest BCUT2D eigenvalue weighted by Crippen LogP contribution is -1.96. The third kappa shape index (κ3) is 5.48. The maximum atomic E-state index is 5.17. The first-order chi connectivity index (χ1) is 27.2. The summed E-state index contributed by atoms with van der Waals surface area (Å²) < 4.78 is 2.62. The summed E-state index contributed by atoms with van der Waals surface area (Å²) in [5.41, 5.74) is 9.67. The van der Waals surface area contributed by atoms with Crippen LogP contribution in [0.1, 0.15) is 0 Å². The Balaban J connectivity index is 1.03. The number of hydrogen-bond donors (Lipinski definition) is 0. The lowest BCUT2D eigenvalue weighted by atomic mass is 9.89. The molecule has 2 heterocycles. The highest BCUT2D eigenvalue weighted by atomic mass is 32.1. The number of rotatable bonds is 5. The van der Waals surface area contributed by atoms with Crippen molar-refractivity contribution in [3.05, 3.63) is 194 Å². The average molecular weight is 717 g/mol. The number of thiophene rings is 1. The molecule has 2 nitrogen and oxygen atoms in total. The van der Waals surface area contributed by atoms with Crippen molar-refractivity contribution in [2.24, 2.45) is 0 Å². The highest BCUT2D eigenvalue weighted by Gasteiger charge is 2.15. The third-order valence-corrected chi connectivity index (χ3v) is 12.0. The SMILES string of the molecule is c1ccc(-c2nc(-c3ccc(-c4c5ccccc5cc5c4ccc4ccccc45)cc3)cc(-c3cccc(-c4ccc5sc6ccccc6c5c4)c3)n2)cc1. The van der Waals surface area contributed by atoms with Crippen molar-refractivity contribution in [1.82, 2.24) is 9.97 Å². The van der Waals surface area contributed by atoms with Crippen LogP contribution in [-0.2, 0) is 0 Å². The van der Waals surface area contributed by atoms with Crippen molar-refractivity contribution in [2.45, 2.75) is 0 Å². The molecule has 11 aromatic rings. The molecule has 0 aliphatic rings. The van der Waals surface area contributed by atoms with E-state index >= 15 is 0 Å². The molecule has 0 atom stereocenters. The molecule has 256 valence electrons. The Morgan fingerprint density at radius 2 is 0.909 bits per heavy atom. The molecule has 0 aliphatic carbocycles. The second-order valence-corrected chi connectivity index (χ2v) is 15.2. The fourth-order valence-electron chi connectivity index (χ4n) is 8.16. The molecule has 3 heteroatoms. The largest absolute Gasteiger partial charge is 0.228 e. The van der Waals surface area contributed by atoms with Crippen molar-refractivity contribution in [1.29, 1.82) is 0 Å². The van der Waals surface area contributed by atoms with Gasteiger partial charge in [0, 0.05) is 36.9 Å². The second-order valence-electron chi connectivity index (χ2n) is 14.1. The minimum Gasteiger partial charge on any atom is -0.228 e. The summed E-state index contributed by atoms with van der Waals surface area (Å²) in [6, 6.07) is 69.8. The summed E-state index contributed by atoms with van der Waals surface area (Å²) in [5, 5.41) is 10.2. The molecule has 9 aromatic carbocycles. The van der Waals surface area contributed by atoms with Crippen molar-refractivity contribution in [3.63, 3.8) is 0 Å². The first-order valence-electron chi connectivity index (χ1n) is 18.6. The molecule has 0 aliphatic heterocycles. The molecule has 0 saturated heterocycles. The van der Waals surface area contributed by atoms with Crippen molar-refractivity contribution < 1.29 is 0 Å². The van der Waals surface area contributed by atoms with Gasteiger partial charge < -0.3 is 0 Å². The number of aromatic nitrogens is 2. The standard InChI is InChI=1S/C52H32N2S/c1-2-12-36(13-3-1)52-53-47(32-48(54-52)40-16-10-15-37(29-40)38-26-28-50-46(30-38)43-19-8-9-20-49(43)55-50)34-21-23-35(24-22-34)51-42-18-7-5-14-39(42)31-45-41-17-6-4-11-33(41)25-27-44(45)51/h1-32H. The molecule has 0 radical (unpaired) electrons. The Labute approximate surface area is 322 Å². The molecule has 2 aromatic heterocycles. The minimum absolute atomic E-state index is 0.709. The Kier molecular flexibility index (Phi) is 7.39. The van der Waals surface area contributed by atoms with Crippen LogP contribution in [0.2, 0.25) is 0 Å². The monoisotopic (exact) mass is 716 g/mol. The number of nitrogens with zero attached hydrogens (tertiary/aromatic N) is 2. The first-order valence-corrected chi connectivity index (χ1v) is 19.5. The summed E-state index contributed by atoms with van der Waals surface area (Å²) in [5.74, 6) is 0.709. The predicted octanol–water partition coefficient (Wildman–Crippen LogP) is 14.6. The van der Waals surface area contributed by atoms with Gasteiger partial charge in [0.1, 0.15) is 0 Å². The molecule has 0 N–H and O–H groups in total. The topological polar surface area (TPSA) is 25.8 Å². The Bertz CT molecular complexity index is 3250. The quantitative estimate of drug-likeness (QED) is 0.131. The predicted molar refractivity (Wildman–Crippen MR) is 235 cm³/mol. The van der Waals surface area contributed by atoms with Gasteiger partial charge in [-0.2, -0.15) is 0 Å². The zero-order valence-corrected chi connectivity index (χ0v) is 30.6. The lowest BCUT2D eigenvalue weighted by molar-refractivity contribution is 1.18. The smallest absolute Gasteiger partial charge is 0.160 e. The van der Waals surface area contributed by atoms with E-state index in [0.717, 1.165) is 33.6 Å². The average Bonchev–Trinajstić information content (AvgIpc) is 3.64. The zero-order chi connectivity index (χ0) is 36.3. The lowest BCUT2D eigenvalue weighted by Gasteiger charge is -2.15. The van der Waals surface area contributed by atoms with Crippen LogP contribution in [0.5, 0.6) is 0 Å². The summed E-state index contributed by atoms with van der Waals surface area (Å²) in [7, 11) is 0. The van der Waals surface area contributed by atoms with Gasteiger partial charge in [0.15, 0.2) is 5.82 Å². The van der Waals surface area contributed by atoms with Crippen LogP contribution in [-0.4, -0.2) is 9.97 Å². The Morgan fingerprint density at radius 1 is 0.291 bits per heavy atom. The van der Waals surface area contributed by atoms with Gasteiger partial charge in [0.2, 0.25) is 0 Å². The van der Waals surface area contributed by atoms with Gasteiger partial charge in [-0.1, -0.05) is 158 Å². The Morgan fingerprint density at radius 3 is 1.76 bits per heavy atom. The van der Waals surface area contributed by atoms with E-state index in [1.54, 1.807) is 0 Å². The van der Waals surface area contributed by atoms with E-state index in [4.69, 9.17) is 9.97 Å². The second kappa shape index (κ2) is 12.9. The van der Waals surface area contributed by atoms with Gasteiger partial charge in [-0.3, -0.25) is 0 Å². The van der Waals surface area contributed by atoms with Crippen molar-refractivity contribution in [2.75, 3.05) is 0 Å². The molecular formula is C52H32N2S. The molecule has 11 rings (SSSR count). The van der Waals surface area contributed by atoms with Gasteiger partial charge >= 0.3 is 0 Å². The van der Waals surface area contributed by atoms with Crippen LogP contribution < -0.4 is 0 Å². The summed E-state index contributed by atoms with van der Waals surface area (Å²) in [4.78, 5) is 10.3. The fourth-order valence-corrected chi connectivity index (χ4v) is 9.25. The molecule has 0 amide bonds. The maximum Gasteiger partial charge on any atom is 0.160 e. The summed E-state index contributed by atoms with van der Waals surface area (Å²) in [6.07, 6.45) is 0. The number of benzene rings is 9. The van der Waals surface area contributed by atoms with E-state index < -0.39 is 0 Å². The van der Waals surface area contributed by atoms with Crippen molar-refractivity contribution in [3.8, 4) is 56.2 Å². The van der Waals surface area contributed by atoms with Gasteiger partial charge in [-0.05, 0) is 91.0 Å². The van der Waals surface area contributed by atoms with Gasteiger partial charge in [0.25, 0.3) is 0 Å². The molecule has 0 bridgehead atoms. The summed E-state index contributed by atoms with van der Waals surface area (Å²) in [6.45, 7) is 0. The van der Waals surface area contributed by atoms with Crippen molar-refractivity contribution >= 4 is 63.8 Å². The van der Waals surface area contributed by atoms with Crippen LogP contribution in [0, 0.1) is 0 Å². The zero-order valence-electron chi connectivity index (χ0n) is 29.8. The summed E-state index contributed by atoms with van der Waals surface area (Å²) >= 11 is 1.85. The van der Waals surface area contributed by atoms with Crippen LogP contribution in [0.4, 0.5) is 0 Å². The van der Waals surface area contributed by atoms with Gasteiger partial charge in [-0.15, -0.1) is 11.3 Å². The molecule has 0 spiro atoms. The number of hydrogen-bond acceptors (Lipinski definition) is 3.